The molecule has 1 aromatic heterocycles. The maximum atomic E-state index is 14.1. The molecule has 0 atom stereocenters. The zero-order chi connectivity index (χ0) is 25.4. The fourth-order valence-corrected chi connectivity index (χ4v) is 3.86. The molecule has 4 rings (SSSR count). The Morgan fingerprint density at radius 2 is 1.77 bits per heavy atom. The van der Waals surface area contributed by atoms with Crippen LogP contribution < -0.4 is 19.7 Å². The van der Waals surface area contributed by atoms with E-state index in [0.29, 0.717) is 49.1 Å². The second kappa shape index (κ2) is 12.0. The maximum absolute atomic E-state index is 14.1. The summed E-state index contributed by atoms with van der Waals surface area (Å²) in [5, 5.41) is 7.14. The highest BCUT2D eigenvalue weighted by atomic mass is 19.1. The van der Waals surface area contributed by atoms with Crippen LogP contribution in [0.1, 0.15) is 25.2 Å². The van der Waals surface area contributed by atoms with Gasteiger partial charge in [0.1, 0.15) is 35.2 Å². The van der Waals surface area contributed by atoms with Crippen LogP contribution in [0.3, 0.4) is 0 Å². The first-order valence-corrected chi connectivity index (χ1v) is 11.7. The van der Waals surface area contributed by atoms with Crippen molar-refractivity contribution in [2.24, 2.45) is 0 Å². The van der Waals surface area contributed by atoms with E-state index in [0.717, 1.165) is 11.4 Å². The molecule has 1 saturated heterocycles. The molecule has 1 aliphatic heterocycles. The van der Waals surface area contributed by atoms with E-state index in [1.54, 1.807) is 35.2 Å². The lowest BCUT2D eigenvalue weighted by Crippen LogP contribution is -2.51. The van der Waals surface area contributed by atoms with E-state index in [1.165, 1.54) is 13.2 Å². The molecule has 0 saturated carbocycles. The number of piperazine rings is 1. The molecule has 1 N–H and O–H groups in total. The molecular formula is C25H33FN6O3. The molecule has 0 aliphatic carbocycles. The van der Waals surface area contributed by atoms with Crippen molar-refractivity contribution in [2.75, 3.05) is 45.3 Å². The van der Waals surface area contributed by atoms with E-state index >= 15 is 0 Å². The predicted octanol–water partition coefficient (Wildman–Crippen LogP) is 3.79. The Kier molecular flexibility index (Phi) is 8.88. The summed E-state index contributed by atoms with van der Waals surface area (Å²) < 4.78 is 26.5. The van der Waals surface area contributed by atoms with Crippen LogP contribution in [0.2, 0.25) is 0 Å². The van der Waals surface area contributed by atoms with E-state index in [2.05, 4.69) is 20.3 Å². The first-order chi connectivity index (χ1) is 17.0. The molecule has 9 nitrogen and oxygen atoms in total. The summed E-state index contributed by atoms with van der Waals surface area (Å²) in [6.45, 7) is 8.33. The van der Waals surface area contributed by atoms with Crippen LogP contribution in [0.25, 0.3) is 5.69 Å². The molecule has 10 heteroatoms. The highest BCUT2D eigenvalue weighted by molar-refractivity contribution is 5.74. The van der Waals surface area contributed by atoms with Crippen LogP contribution in [0.15, 0.2) is 42.7 Å². The molecule has 2 amide bonds. The van der Waals surface area contributed by atoms with E-state index in [1.807, 2.05) is 39.0 Å². The second-order valence-electron chi connectivity index (χ2n) is 7.65. The number of aryl methyl sites for hydroxylation is 1. The number of carbonyl (C=O) groups excluding carboxylic acids is 1. The summed E-state index contributed by atoms with van der Waals surface area (Å²) in [4.78, 5) is 20.7. The molecule has 3 aromatic rings. The van der Waals surface area contributed by atoms with Gasteiger partial charge >= 0.3 is 6.03 Å². The molecule has 188 valence electrons. The summed E-state index contributed by atoms with van der Waals surface area (Å²) in [6.07, 6.45) is 1.65. The summed E-state index contributed by atoms with van der Waals surface area (Å²) >= 11 is 0. The highest BCUT2D eigenvalue weighted by Gasteiger charge is 2.23. The first kappa shape index (κ1) is 25.8. The monoisotopic (exact) mass is 484 g/mol. The highest BCUT2D eigenvalue weighted by Crippen LogP contribution is 2.29. The van der Waals surface area contributed by atoms with Gasteiger partial charge in [0, 0.05) is 43.5 Å². The fourth-order valence-electron chi connectivity index (χ4n) is 3.86. The van der Waals surface area contributed by atoms with Gasteiger partial charge in [-0.2, -0.15) is 5.10 Å². The molecule has 35 heavy (non-hydrogen) atoms. The van der Waals surface area contributed by atoms with Gasteiger partial charge in [-0.25, -0.2) is 18.9 Å². The van der Waals surface area contributed by atoms with Crippen LogP contribution in [-0.4, -0.2) is 66.1 Å². The van der Waals surface area contributed by atoms with Gasteiger partial charge in [-0.15, -0.1) is 0 Å². The number of ether oxygens (including phenoxy) is 2. The van der Waals surface area contributed by atoms with Crippen LogP contribution in [0.5, 0.6) is 11.5 Å². The molecule has 0 bridgehead atoms. The Bertz CT molecular complexity index is 1130. The lowest BCUT2D eigenvalue weighted by molar-refractivity contribution is 0.193. The van der Waals surface area contributed by atoms with E-state index in [4.69, 9.17) is 9.47 Å². The number of nitrogens with zero attached hydrogens (tertiary/aromatic N) is 5. The largest absolute Gasteiger partial charge is 0.496 e. The van der Waals surface area contributed by atoms with Gasteiger partial charge in [-0.05, 0) is 31.2 Å². The number of hydrogen-bond acceptors (Lipinski definition) is 6. The van der Waals surface area contributed by atoms with Crippen LogP contribution >= 0.6 is 0 Å². The van der Waals surface area contributed by atoms with Crippen molar-refractivity contribution in [1.29, 1.82) is 0 Å². The summed E-state index contributed by atoms with van der Waals surface area (Å²) in [7, 11) is 3.10. The fraction of sp³-hybridized carbons (Fsp3) is 0.400. The maximum Gasteiger partial charge on any atom is 0.317 e. The Balaban J connectivity index is 0.00000167. The van der Waals surface area contributed by atoms with Gasteiger partial charge < -0.3 is 24.6 Å². The number of benzene rings is 2. The molecule has 0 radical (unpaired) electrons. The van der Waals surface area contributed by atoms with Gasteiger partial charge in [-0.3, -0.25) is 0 Å². The normalized spacial score (nSPS) is 13.1. The molecular weight excluding hydrogens is 451 g/mol. The van der Waals surface area contributed by atoms with Crippen molar-refractivity contribution in [1.82, 2.24) is 25.0 Å². The minimum Gasteiger partial charge on any atom is -0.496 e. The third kappa shape index (κ3) is 6.00. The lowest BCUT2D eigenvalue weighted by atomic mass is 10.2. The van der Waals surface area contributed by atoms with Crippen LogP contribution in [0.4, 0.5) is 14.9 Å². The van der Waals surface area contributed by atoms with Gasteiger partial charge in [0.25, 0.3) is 0 Å². The third-order valence-electron chi connectivity index (χ3n) is 5.66. The minimum atomic E-state index is -0.405. The Morgan fingerprint density at radius 1 is 1.06 bits per heavy atom. The molecule has 2 heterocycles. The molecule has 0 spiro atoms. The Hall–Kier alpha value is -3.82. The standard InChI is InChI=1S/C23H27FN6O3.C2H6/c1-16-26-15-30(27-16)20-8-7-17(13-22(20)33-3)28-9-11-29(12-10-28)23(31)25-14-18-19(24)5-4-6-21(18)32-2;1-2/h4-8,13,15H,9-12,14H2,1-3H3,(H,25,31);1-2H3. The number of rotatable bonds is 6. The summed E-state index contributed by atoms with van der Waals surface area (Å²) in [5.41, 5.74) is 2.15. The number of halogens is 1. The molecule has 0 unspecified atom stereocenters. The smallest absolute Gasteiger partial charge is 0.317 e. The Morgan fingerprint density at radius 3 is 2.40 bits per heavy atom. The SMILES string of the molecule is CC.COc1cc(N2CCN(C(=O)NCc3c(F)cccc3OC)CC2)ccc1-n1cnc(C)n1. The second-order valence-corrected chi connectivity index (χ2v) is 7.65. The number of carbonyl (C=O) groups is 1. The zero-order valence-corrected chi connectivity index (χ0v) is 20.9. The summed E-state index contributed by atoms with van der Waals surface area (Å²) in [6, 6.07) is 10.3. The van der Waals surface area contributed by atoms with Gasteiger partial charge in [0.2, 0.25) is 0 Å². The number of nitrogens with one attached hydrogen (secondary N) is 1. The topological polar surface area (TPSA) is 84.8 Å². The molecule has 1 aliphatic rings. The predicted molar refractivity (Wildman–Crippen MR) is 133 cm³/mol. The van der Waals surface area contributed by atoms with Gasteiger partial charge in [0.05, 0.1) is 20.8 Å². The zero-order valence-electron chi connectivity index (χ0n) is 20.9. The molecule has 2 aromatic carbocycles. The number of amides is 2. The van der Waals surface area contributed by atoms with Crippen molar-refractivity contribution >= 4 is 11.7 Å². The van der Waals surface area contributed by atoms with Crippen LogP contribution in [-0.2, 0) is 6.54 Å². The summed E-state index contributed by atoms with van der Waals surface area (Å²) in [5.74, 6) is 1.39. The third-order valence-corrected chi connectivity index (χ3v) is 5.66. The number of urea groups is 1. The lowest BCUT2D eigenvalue weighted by Gasteiger charge is -2.36. The quantitative estimate of drug-likeness (QED) is 0.573. The number of anilines is 1. The van der Waals surface area contributed by atoms with Gasteiger partial charge in [0.15, 0.2) is 0 Å². The van der Waals surface area contributed by atoms with E-state index < -0.39 is 5.82 Å². The van der Waals surface area contributed by atoms with Crippen molar-refractivity contribution in [2.45, 2.75) is 27.3 Å². The van der Waals surface area contributed by atoms with E-state index in [9.17, 15) is 9.18 Å². The number of hydrogen-bond donors (Lipinski definition) is 1. The minimum absolute atomic E-state index is 0.0648. The van der Waals surface area contributed by atoms with Crippen molar-refractivity contribution < 1.29 is 18.7 Å². The van der Waals surface area contributed by atoms with Crippen LogP contribution in [0, 0.1) is 12.7 Å². The van der Waals surface area contributed by atoms with Crippen molar-refractivity contribution in [3.8, 4) is 17.2 Å². The molecule has 1 fully saturated rings. The average Bonchev–Trinajstić information content (AvgIpc) is 3.34. The van der Waals surface area contributed by atoms with Crippen molar-refractivity contribution in [3.63, 3.8) is 0 Å². The number of methoxy groups -OCH3 is 2. The Labute approximate surface area is 205 Å². The average molecular weight is 485 g/mol. The number of aromatic nitrogens is 3. The van der Waals surface area contributed by atoms with E-state index in [-0.39, 0.29) is 12.6 Å². The first-order valence-electron chi connectivity index (χ1n) is 11.7. The van der Waals surface area contributed by atoms with Gasteiger partial charge in [-0.1, -0.05) is 19.9 Å². The van der Waals surface area contributed by atoms with Crippen molar-refractivity contribution in [3.05, 3.63) is 59.9 Å².